The van der Waals surface area contributed by atoms with Crippen LogP contribution in [0.1, 0.15) is 22.3 Å². The Labute approximate surface area is 367 Å². The maximum Gasteiger partial charge on any atom is 0.119 e. The van der Waals surface area contributed by atoms with Crippen LogP contribution >= 0.6 is 0 Å². The average molecular weight is 807 g/mol. The third-order valence-corrected chi connectivity index (χ3v) is 13.2. The van der Waals surface area contributed by atoms with Crippen molar-refractivity contribution in [1.82, 2.24) is 4.57 Å². The van der Waals surface area contributed by atoms with Gasteiger partial charge in [-0.3, -0.25) is 0 Å². The SMILES string of the molecule is COc1ccc(N(c2ccc(C3(c4cccc(-c5ccc(-n6c7ccccc7c7ccccc76)cc5)c4)c4ccccc4-c4ccccc43)cc2)c2cccc3ccccc23)cc1. The molecule has 1 aliphatic rings. The van der Waals surface area contributed by atoms with Gasteiger partial charge < -0.3 is 14.2 Å². The number of methoxy groups -OCH3 is 1. The minimum absolute atomic E-state index is 0.560. The lowest BCUT2D eigenvalue weighted by atomic mass is 9.67. The van der Waals surface area contributed by atoms with Crippen molar-refractivity contribution in [3.05, 3.63) is 259 Å². The minimum atomic E-state index is -0.560. The topological polar surface area (TPSA) is 17.4 Å². The van der Waals surface area contributed by atoms with Crippen LogP contribution in [-0.4, -0.2) is 11.7 Å². The molecule has 0 atom stereocenters. The lowest BCUT2D eigenvalue weighted by molar-refractivity contribution is 0.415. The van der Waals surface area contributed by atoms with Crippen LogP contribution in [0, 0.1) is 0 Å². The molecule has 3 heteroatoms. The lowest BCUT2D eigenvalue weighted by Crippen LogP contribution is -2.28. The quantitative estimate of drug-likeness (QED) is 0.152. The molecule has 0 amide bonds. The number of ether oxygens (including phenoxy) is 1. The van der Waals surface area contributed by atoms with Crippen LogP contribution in [0.4, 0.5) is 17.1 Å². The van der Waals surface area contributed by atoms with Crippen molar-refractivity contribution in [3.8, 4) is 33.7 Å². The summed E-state index contributed by atoms with van der Waals surface area (Å²) in [4.78, 5) is 2.36. The van der Waals surface area contributed by atoms with E-state index in [9.17, 15) is 0 Å². The number of para-hydroxylation sites is 2. The highest BCUT2D eigenvalue weighted by Gasteiger charge is 2.46. The zero-order chi connectivity index (χ0) is 41.9. The third-order valence-electron chi connectivity index (χ3n) is 13.2. The summed E-state index contributed by atoms with van der Waals surface area (Å²) in [6, 6.07) is 86.4. The van der Waals surface area contributed by atoms with Crippen molar-refractivity contribution >= 4 is 49.6 Å². The Morgan fingerprint density at radius 3 is 1.60 bits per heavy atom. The lowest BCUT2D eigenvalue weighted by Gasteiger charge is -2.35. The van der Waals surface area contributed by atoms with Crippen LogP contribution in [0.15, 0.2) is 237 Å². The van der Waals surface area contributed by atoms with Gasteiger partial charge in [-0.2, -0.15) is 0 Å². The molecule has 3 nitrogen and oxygen atoms in total. The standard InChI is InChI=1S/C60H42N2O/c1-63-49-38-36-47(37-39-49)61(57-27-13-15-42-14-2-3-18-50(42)57)46-34-30-44(31-35-46)60(55-23-8-4-19-51(55)52-20-5-9-24-56(52)60)45-17-12-16-43(40-45)41-28-32-48(33-29-41)62-58-25-10-6-21-53(58)54-22-7-11-26-59(54)62/h2-40H,1H3. The summed E-state index contributed by atoms with van der Waals surface area (Å²) in [5, 5.41) is 4.92. The van der Waals surface area contributed by atoms with Gasteiger partial charge in [0.2, 0.25) is 0 Å². The first-order valence-corrected chi connectivity index (χ1v) is 21.6. The van der Waals surface area contributed by atoms with Crippen molar-refractivity contribution in [3.63, 3.8) is 0 Å². The first kappa shape index (κ1) is 36.7. The zero-order valence-corrected chi connectivity index (χ0v) is 34.8. The highest BCUT2D eigenvalue weighted by atomic mass is 16.5. The van der Waals surface area contributed by atoms with Crippen molar-refractivity contribution in [2.75, 3.05) is 12.0 Å². The molecule has 1 aromatic heterocycles. The second kappa shape index (κ2) is 14.8. The van der Waals surface area contributed by atoms with Gasteiger partial charge in [0, 0.05) is 33.2 Å². The molecule has 1 heterocycles. The van der Waals surface area contributed by atoms with Crippen molar-refractivity contribution < 1.29 is 4.74 Å². The second-order valence-electron chi connectivity index (χ2n) is 16.4. The Morgan fingerprint density at radius 1 is 0.413 bits per heavy atom. The average Bonchev–Trinajstić information content (AvgIpc) is 3.86. The summed E-state index contributed by atoms with van der Waals surface area (Å²) in [6.45, 7) is 0. The predicted octanol–water partition coefficient (Wildman–Crippen LogP) is 15.4. The van der Waals surface area contributed by atoms with Crippen LogP contribution in [0.2, 0.25) is 0 Å². The van der Waals surface area contributed by atoms with E-state index in [4.69, 9.17) is 4.74 Å². The zero-order valence-electron chi connectivity index (χ0n) is 34.8. The summed E-state index contributed by atoms with van der Waals surface area (Å²) >= 11 is 0. The first-order chi connectivity index (χ1) is 31.2. The first-order valence-electron chi connectivity index (χ1n) is 21.6. The van der Waals surface area contributed by atoms with Crippen LogP contribution in [0.25, 0.3) is 60.5 Å². The van der Waals surface area contributed by atoms with Gasteiger partial charge in [0.05, 0.1) is 29.2 Å². The third kappa shape index (κ3) is 5.74. The molecule has 0 aliphatic heterocycles. The number of rotatable bonds is 8. The van der Waals surface area contributed by atoms with Gasteiger partial charge in [0.25, 0.3) is 0 Å². The fraction of sp³-hybridized carbons (Fsp3) is 0.0333. The Morgan fingerprint density at radius 2 is 0.952 bits per heavy atom. The number of benzene rings is 10. The smallest absolute Gasteiger partial charge is 0.119 e. The summed E-state index contributed by atoms with van der Waals surface area (Å²) in [7, 11) is 1.71. The van der Waals surface area contributed by atoms with E-state index in [0.717, 1.165) is 28.5 Å². The van der Waals surface area contributed by atoms with E-state index >= 15 is 0 Å². The van der Waals surface area contributed by atoms with Gasteiger partial charge in [-0.25, -0.2) is 0 Å². The molecule has 0 unspecified atom stereocenters. The van der Waals surface area contributed by atoms with Crippen molar-refractivity contribution in [2.24, 2.45) is 0 Å². The van der Waals surface area contributed by atoms with E-state index in [1.54, 1.807) is 7.11 Å². The molecule has 298 valence electrons. The molecule has 1 aliphatic carbocycles. The van der Waals surface area contributed by atoms with Gasteiger partial charge in [-0.05, 0) is 123 Å². The molecule has 12 rings (SSSR count). The maximum atomic E-state index is 5.58. The minimum Gasteiger partial charge on any atom is -0.497 e. The Kier molecular flexibility index (Phi) is 8.62. The number of fused-ring (bicyclic) bond motifs is 7. The molecule has 0 radical (unpaired) electrons. The summed E-state index contributed by atoms with van der Waals surface area (Å²) in [5.74, 6) is 0.828. The molecule has 0 N–H and O–H groups in total. The Bertz CT molecular complexity index is 3390. The van der Waals surface area contributed by atoms with Crippen molar-refractivity contribution in [1.29, 1.82) is 0 Å². The maximum absolute atomic E-state index is 5.58. The Hall–Kier alpha value is -8.14. The molecular weight excluding hydrogens is 765 g/mol. The van der Waals surface area contributed by atoms with Gasteiger partial charge in [-0.1, -0.05) is 164 Å². The van der Waals surface area contributed by atoms with E-state index in [0.29, 0.717) is 0 Å². The molecule has 0 saturated heterocycles. The van der Waals surface area contributed by atoms with Crippen LogP contribution in [0.5, 0.6) is 5.75 Å². The van der Waals surface area contributed by atoms with E-state index in [1.165, 1.54) is 77.1 Å². The largest absolute Gasteiger partial charge is 0.497 e. The van der Waals surface area contributed by atoms with E-state index in [2.05, 4.69) is 234 Å². The number of aromatic nitrogens is 1. The highest BCUT2D eigenvalue weighted by Crippen LogP contribution is 2.56. The van der Waals surface area contributed by atoms with Gasteiger partial charge in [-0.15, -0.1) is 0 Å². The fourth-order valence-corrected chi connectivity index (χ4v) is 10.4. The normalized spacial score (nSPS) is 12.7. The second-order valence-corrected chi connectivity index (χ2v) is 16.4. The summed E-state index contributed by atoms with van der Waals surface area (Å²) < 4.78 is 7.96. The molecule has 0 bridgehead atoms. The molecular formula is C60H42N2O. The van der Waals surface area contributed by atoms with Gasteiger partial charge in [0.1, 0.15) is 5.75 Å². The van der Waals surface area contributed by atoms with Crippen LogP contribution < -0.4 is 9.64 Å². The summed E-state index contributed by atoms with van der Waals surface area (Å²) in [5.41, 5.74) is 16.2. The van der Waals surface area contributed by atoms with E-state index < -0.39 is 5.41 Å². The monoisotopic (exact) mass is 806 g/mol. The number of anilines is 3. The molecule has 10 aromatic carbocycles. The molecule has 0 spiro atoms. The number of hydrogen-bond donors (Lipinski definition) is 0. The molecule has 0 saturated carbocycles. The van der Waals surface area contributed by atoms with E-state index in [1.807, 2.05) is 12.1 Å². The molecule has 63 heavy (non-hydrogen) atoms. The van der Waals surface area contributed by atoms with Crippen LogP contribution in [-0.2, 0) is 5.41 Å². The molecule has 11 aromatic rings. The number of hydrogen-bond acceptors (Lipinski definition) is 2. The fourth-order valence-electron chi connectivity index (χ4n) is 10.4. The van der Waals surface area contributed by atoms with Gasteiger partial charge in [0.15, 0.2) is 0 Å². The number of nitrogens with zero attached hydrogens (tertiary/aromatic N) is 2. The predicted molar refractivity (Wildman–Crippen MR) is 262 cm³/mol. The Balaban J connectivity index is 1.01. The van der Waals surface area contributed by atoms with Crippen LogP contribution in [0.3, 0.4) is 0 Å². The molecule has 0 fully saturated rings. The van der Waals surface area contributed by atoms with E-state index in [-0.39, 0.29) is 0 Å². The van der Waals surface area contributed by atoms with Gasteiger partial charge >= 0.3 is 0 Å². The van der Waals surface area contributed by atoms with Crippen molar-refractivity contribution in [2.45, 2.75) is 5.41 Å². The highest BCUT2D eigenvalue weighted by molar-refractivity contribution is 6.09. The summed E-state index contributed by atoms with van der Waals surface area (Å²) in [6.07, 6.45) is 0.